The first kappa shape index (κ1) is 17.3. The second-order valence-electron chi connectivity index (χ2n) is 6.00. The molecule has 1 aliphatic rings. The van der Waals surface area contributed by atoms with Crippen molar-refractivity contribution in [1.29, 1.82) is 0 Å². The van der Waals surface area contributed by atoms with Crippen molar-refractivity contribution in [1.82, 2.24) is 5.32 Å². The molecule has 4 nitrogen and oxygen atoms in total. The second kappa shape index (κ2) is 8.53. The molecule has 1 fully saturated rings. The zero-order chi connectivity index (χ0) is 15.8. The van der Waals surface area contributed by atoms with Crippen LogP contribution in [0.25, 0.3) is 0 Å². The summed E-state index contributed by atoms with van der Waals surface area (Å²) in [6, 6.07) is 7.77. The molecule has 0 radical (unpaired) electrons. The Kier molecular flexibility index (Phi) is 6.70. The van der Waals surface area contributed by atoms with Crippen molar-refractivity contribution >= 4 is 21.8 Å². The van der Waals surface area contributed by atoms with Gasteiger partial charge in [-0.3, -0.25) is 4.79 Å². The summed E-state index contributed by atoms with van der Waals surface area (Å²) in [6.45, 7) is 1.18. The van der Waals surface area contributed by atoms with Crippen molar-refractivity contribution in [3.05, 3.63) is 28.7 Å². The molecule has 122 valence electrons. The maximum atomic E-state index is 12.0. The number of amides is 1. The summed E-state index contributed by atoms with van der Waals surface area (Å²) in [7, 11) is 0. The average Bonchev–Trinajstić information content (AvgIpc) is 2.98. The Bertz CT molecular complexity index is 470. The van der Waals surface area contributed by atoms with Crippen LogP contribution < -0.4 is 15.8 Å². The molecule has 0 aromatic heterocycles. The molecule has 1 amide bonds. The molecule has 0 bridgehead atoms. The number of carbonyl (C=O) groups is 1. The van der Waals surface area contributed by atoms with Crippen molar-refractivity contribution in [3.8, 4) is 5.75 Å². The third kappa shape index (κ3) is 5.29. The lowest BCUT2D eigenvalue weighted by molar-refractivity contribution is -0.123. The number of carbonyl (C=O) groups excluding carboxylic acids is 1. The zero-order valence-electron chi connectivity index (χ0n) is 12.9. The van der Waals surface area contributed by atoms with E-state index in [0.717, 1.165) is 35.9 Å². The fourth-order valence-corrected chi connectivity index (χ4v) is 3.16. The summed E-state index contributed by atoms with van der Waals surface area (Å²) < 4.78 is 6.68. The van der Waals surface area contributed by atoms with E-state index in [1.165, 1.54) is 12.8 Å². The van der Waals surface area contributed by atoms with Gasteiger partial charge >= 0.3 is 0 Å². The van der Waals surface area contributed by atoms with Crippen LogP contribution in [0.2, 0.25) is 0 Å². The van der Waals surface area contributed by atoms with Gasteiger partial charge in [0.1, 0.15) is 5.75 Å². The number of unbranched alkanes of at least 4 members (excludes halogenated alkanes) is 1. The topological polar surface area (TPSA) is 64.3 Å². The number of hydrogen-bond donors (Lipinski definition) is 2. The molecule has 0 aliphatic heterocycles. The number of nitrogens with one attached hydrogen (secondary N) is 1. The highest BCUT2D eigenvalue weighted by atomic mass is 79.9. The molecular formula is C17H25BrN2O2. The normalized spacial score (nSPS) is 16.5. The molecular weight excluding hydrogens is 344 g/mol. The molecule has 1 aromatic rings. The third-order valence-electron chi connectivity index (χ3n) is 4.24. The van der Waals surface area contributed by atoms with Gasteiger partial charge in [0, 0.05) is 17.4 Å². The van der Waals surface area contributed by atoms with Gasteiger partial charge in [0.25, 0.3) is 0 Å². The minimum atomic E-state index is -0.134. The first-order valence-corrected chi connectivity index (χ1v) is 8.82. The molecule has 2 rings (SSSR count). The lowest BCUT2D eigenvalue weighted by Crippen LogP contribution is -2.51. The average molecular weight is 369 g/mol. The summed E-state index contributed by atoms with van der Waals surface area (Å²) in [6.07, 6.45) is 6.62. The molecule has 1 saturated carbocycles. The first-order chi connectivity index (χ1) is 10.6. The van der Waals surface area contributed by atoms with Gasteiger partial charge in [-0.05, 0) is 49.9 Å². The van der Waals surface area contributed by atoms with Gasteiger partial charge in [0.15, 0.2) is 0 Å². The Morgan fingerprint density at radius 2 is 1.91 bits per heavy atom. The van der Waals surface area contributed by atoms with Gasteiger partial charge < -0.3 is 15.8 Å². The van der Waals surface area contributed by atoms with Crippen LogP contribution in [-0.2, 0) is 4.79 Å². The van der Waals surface area contributed by atoms with Crippen LogP contribution in [0.1, 0.15) is 44.9 Å². The van der Waals surface area contributed by atoms with E-state index in [4.69, 9.17) is 10.5 Å². The maximum Gasteiger partial charge on any atom is 0.220 e. The van der Waals surface area contributed by atoms with E-state index < -0.39 is 0 Å². The van der Waals surface area contributed by atoms with Gasteiger partial charge in [0.05, 0.1) is 12.1 Å². The van der Waals surface area contributed by atoms with E-state index in [9.17, 15) is 4.79 Å². The summed E-state index contributed by atoms with van der Waals surface area (Å²) in [4.78, 5) is 12.0. The Balaban J connectivity index is 1.60. The summed E-state index contributed by atoms with van der Waals surface area (Å²) in [5.41, 5.74) is 5.70. The van der Waals surface area contributed by atoms with E-state index in [-0.39, 0.29) is 11.4 Å². The number of ether oxygens (including phenoxy) is 1. The zero-order valence-corrected chi connectivity index (χ0v) is 14.5. The minimum absolute atomic E-state index is 0.121. The Morgan fingerprint density at radius 1 is 1.23 bits per heavy atom. The lowest BCUT2D eigenvalue weighted by atomic mass is 9.97. The Hall–Kier alpha value is -1.07. The standard InChI is InChI=1S/C17H25BrN2O2/c18-14-6-8-15(9-7-14)22-12-4-1-5-16(21)20-17(13-19)10-2-3-11-17/h6-9H,1-5,10-13,19H2,(H,20,21). The van der Waals surface area contributed by atoms with E-state index in [1.54, 1.807) is 0 Å². The molecule has 22 heavy (non-hydrogen) atoms. The molecule has 3 N–H and O–H groups in total. The molecule has 0 spiro atoms. The van der Waals surface area contributed by atoms with Gasteiger partial charge in [-0.1, -0.05) is 28.8 Å². The van der Waals surface area contributed by atoms with Crippen molar-refractivity contribution in [3.63, 3.8) is 0 Å². The molecule has 5 heteroatoms. The van der Waals surface area contributed by atoms with Gasteiger partial charge in [-0.25, -0.2) is 0 Å². The highest BCUT2D eigenvalue weighted by molar-refractivity contribution is 9.10. The number of nitrogens with two attached hydrogens (primary N) is 1. The lowest BCUT2D eigenvalue weighted by Gasteiger charge is -2.28. The van der Waals surface area contributed by atoms with E-state index in [1.807, 2.05) is 24.3 Å². The maximum absolute atomic E-state index is 12.0. The van der Waals surface area contributed by atoms with Crippen LogP contribution in [0.5, 0.6) is 5.75 Å². The van der Waals surface area contributed by atoms with Crippen LogP contribution in [-0.4, -0.2) is 24.6 Å². The fraction of sp³-hybridized carbons (Fsp3) is 0.588. The monoisotopic (exact) mass is 368 g/mol. The molecule has 1 aliphatic carbocycles. The van der Waals surface area contributed by atoms with Gasteiger partial charge in [-0.15, -0.1) is 0 Å². The summed E-state index contributed by atoms with van der Waals surface area (Å²) in [5, 5.41) is 3.15. The predicted octanol–water partition coefficient (Wildman–Crippen LogP) is 3.39. The van der Waals surface area contributed by atoms with Crippen LogP contribution in [0, 0.1) is 0 Å². The quantitative estimate of drug-likeness (QED) is 0.691. The van der Waals surface area contributed by atoms with Crippen molar-refractivity contribution < 1.29 is 9.53 Å². The fourth-order valence-electron chi connectivity index (χ4n) is 2.90. The molecule has 0 heterocycles. The van der Waals surface area contributed by atoms with E-state index in [2.05, 4.69) is 21.2 Å². The molecule has 0 saturated heterocycles. The smallest absolute Gasteiger partial charge is 0.220 e. The highest BCUT2D eigenvalue weighted by Crippen LogP contribution is 2.28. The van der Waals surface area contributed by atoms with E-state index >= 15 is 0 Å². The van der Waals surface area contributed by atoms with Crippen LogP contribution in [0.15, 0.2) is 28.7 Å². The summed E-state index contributed by atoms with van der Waals surface area (Å²) in [5.74, 6) is 0.983. The van der Waals surface area contributed by atoms with Gasteiger partial charge in [0.2, 0.25) is 5.91 Å². The predicted molar refractivity (Wildman–Crippen MR) is 91.9 cm³/mol. The highest BCUT2D eigenvalue weighted by Gasteiger charge is 2.33. The van der Waals surface area contributed by atoms with Crippen molar-refractivity contribution in [2.75, 3.05) is 13.2 Å². The largest absolute Gasteiger partial charge is 0.494 e. The first-order valence-electron chi connectivity index (χ1n) is 8.03. The number of hydrogen-bond acceptors (Lipinski definition) is 3. The second-order valence-corrected chi connectivity index (χ2v) is 6.91. The van der Waals surface area contributed by atoms with Crippen molar-refractivity contribution in [2.45, 2.75) is 50.5 Å². The number of rotatable bonds is 8. The van der Waals surface area contributed by atoms with Crippen LogP contribution in [0.3, 0.4) is 0 Å². The molecule has 1 aromatic carbocycles. The van der Waals surface area contributed by atoms with E-state index in [0.29, 0.717) is 19.6 Å². The van der Waals surface area contributed by atoms with Crippen LogP contribution >= 0.6 is 15.9 Å². The van der Waals surface area contributed by atoms with Gasteiger partial charge in [-0.2, -0.15) is 0 Å². The SMILES string of the molecule is NCC1(NC(=O)CCCCOc2ccc(Br)cc2)CCCC1. The Labute approximate surface area is 140 Å². The number of halogens is 1. The molecule has 0 unspecified atom stereocenters. The summed E-state index contributed by atoms with van der Waals surface area (Å²) >= 11 is 3.39. The van der Waals surface area contributed by atoms with Crippen LogP contribution in [0.4, 0.5) is 0 Å². The van der Waals surface area contributed by atoms with Crippen molar-refractivity contribution in [2.24, 2.45) is 5.73 Å². The number of benzene rings is 1. The Morgan fingerprint density at radius 3 is 2.55 bits per heavy atom. The molecule has 0 atom stereocenters. The third-order valence-corrected chi connectivity index (χ3v) is 4.77. The minimum Gasteiger partial charge on any atom is -0.494 e.